The maximum atomic E-state index is 12.8. The molecule has 23 heavy (non-hydrogen) atoms. The number of nitrogens with zero attached hydrogens (tertiary/aromatic N) is 1. The van der Waals surface area contributed by atoms with Crippen LogP contribution in [0.25, 0.3) is 0 Å². The van der Waals surface area contributed by atoms with Gasteiger partial charge in [-0.25, -0.2) is 4.39 Å². The maximum Gasteiger partial charge on any atom is 0.251 e. The molecule has 1 N–H and O–H groups in total. The quantitative estimate of drug-likeness (QED) is 0.914. The SMILES string of the molecule is CN(Cc1ccc(F)cc1)C(=O)CNC(=O)c1cccc(Cl)c1. The summed E-state index contributed by atoms with van der Waals surface area (Å²) < 4.78 is 12.8. The van der Waals surface area contributed by atoms with Crippen molar-refractivity contribution in [2.45, 2.75) is 6.54 Å². The van der Waals surface area contributed by atoms with E-state index in [-0.39, 0.29) is 24.2 Å². The number of carbonyl (C=O) groups is 2. The van der Waals surface area contributed by atoms with Gasteiger partial charge >= 0.3 is 0 Å². The number of amides is 2. The van der Waals surface area contributed by atoms with Gasteiger partial charge in [0.2, 0.25) is 5.91 Å². The zero-order valence-corrected chi connectivity index (χ0v) is 13.3. The fourth-order valence-electron chi connectivity index (χ4n) is 1.97. The van der Waals surface area contributed by atoms with E-state index >= 15 is 0 Å². The first kappa shape index (κ1) is 17.0. The second-order valence-electron chi connectivity index (χ2n) is 5.07. The van der Waals surface area contributed by atoms with Gasteiger partial charge < -0.3 is 10.2 Å². The van der Waals surface area contributed by atoms with E-state index in [0.717, 1.165) is 5.56 Å². The molecule has 0 aliphatic rings. The van der Waals surface area contributed by atoms with Crippen LogP contribution in [-0.2, 0) is 11.3 Å². The van der Waals surface area contributed by atoms with E-state index in [1.807, 2.05) is 0 Å². The van der Waals surface area contributed by atoms with Gasteiger partial charge in [-0.3, -0.25) is 9.59 Å². The summed E-state index contributed by atoms with van der Waals surface area (Å²) in [5.74, 6) is -0.933. The molecule has 0 heterocycles. The Morgan fingerprint density at radius 1 is 1.17 bits per heavy atom. The minimum Gasteiger partial charge on any atom is -0.343 e. The Hall–Kier alpha value is -2.40. The van der Waals surface area contributed by atoms with E-state index in [1.54, 1.807) is 37.4 Å². The van der Waals surface area contributed by atoms with Gasteiger partial charge in [-0.2, -0.15) is 0 Å². The number of rotatable bonds is 5. The fourth-order valence-corrected chi connectivity index (χ4v) is 2.16. The van der Waals surface area contributed by atoms with Crippen LogP contribution in [0.5, 0.6) is 0 Å². The lowest BCUT2D eigenvalue weighted by atomic mass is 10.2. The van der Waals surface area contributed by atoms with Crippen molar-refractivity contribution in [2.24, 2.45) is 0 Å². The average Bonchev–Trinajstić information content (AvgIpc) is 2.54. The highest BCUT2D eigenvalue weighted by Gasteiger charge is 2.12. The van der Waals surface area contributed by atoms with Gasteiger partial charge in [-0.05, 0) is 35.9 Å². The van der Waals surface area contributed by atoms with Crippen LogP contribution >= 0.6 is 11.6 Å². The molecule has 0 bridgehead atoms. The van der Waals surface area contributed by atoms with E-state index < -0.39 is 0 Å². The minimum atomic E-state index is -0.365. The van der Waals surface area contributed by atoms with E-state index in [1.165, 1.54) is 23.1 Å². The van der Waals surface area contributed by atoms with Crippen LogP contribution in [0, 0.1) is 5.82 Å². The van der Waals surface area contributed by atoms with Gasteiger partial charge in [0.15, 0.2) is 0 Å². The predicted molar refractivity (Wildman–Crippen MR) is 86.7 cm³/mol. The summed E-state index contributed by atoms with van der Waals surface area (Å²) >= 11 is 5.82. The summed E-state index contributed by atoms with van der Waals surface area (Å²) in [7, 11) is 1.62. The third-order valence-corrected chi connectivity index (χ3v) is 3.48. The molecular weight excluding hydrogens is 319 g/mol. The molecule has 2 aromatic carbocycles. The Morgan fingerprint density at radius 2 is 1.87 bits per heavy atom. The summed E-state index contributed by atoms with van der Waals surface area (Å²) in [4.78, 5) is 25.4. The van der Waals surface area contributed by atoms with Gasteiger partial charge in [-0.15, -0.1) is 0 Å². The number of hydrogen-bond acceptors (Lipinski definition) is 2. The first-order valence-corrected chi connectivity index (χ1v) is 7.35. The van der Waals surface area contributed by atoms with E-state index in [2.05, 4.69) is 5.32 Å². The third kappa shape index (κ3) is 5.07. The normalized spacial score (nSPS) is 10.2. The Bertz CT molecular complexity index is 704. The van der Waals surface area contributed by atoms with Crippen LogP contribution in [0.2, 0.25) is 5.02 Å². The lowest BCUT2D eigenvalue weighted by Crippen LogP contribution is -2.37. The summed E-state index contributed by atoms with van der Waals surface area (Å²) in [6, 6.07) is 12.4. The first-order valence-electron chi connectivity index (χ1n) is 6.98. The monoisotopic (exact) mass is 334 g/mol. The van der Waals surface area contributed by atoms with Gasteiger partial charge in [0.05, 0.1) is 6.54 Å². The van der Waals surface area contributed by atoms with Crippen molar-refractivity contribution in [1.29, 1.82) is 0 Å². The molecule has 4 nitrogen and oxygen atoms in total. The first-order chi connectivity index (χ1) is 11.0. The third-order valence-electron chi connectivity index (χ3n) is 3.25. The van der Waals surface area contributed by atoms with Gasteiger partial charge in [0.25, 0.3) is 5.91 Å². The fraction of sp³-hybridized carbons (Fsp3) is 0.176. The maximum absolute atomic E-state index is 12.8. The molecule has 0 radical (unpaired) electrons. The number of nitrogens with one attached hydrogen (secondary N) is 1. The molecule has 2 amide bonds. The molecule has 0 unspecified atom stereocenters. The molecule has 0 fully saturated rings. The molecule has 0 saturated carbocycles. The van der Waals surface area contributed by atoms with Crippen LogP contribution in [0.1, 0.15) is 15.9 Å². The lowest BCUT2D eigenvalue weighted by Gasteiger charge is -2.17. The molecule has 0 aliphatic heterocycles. The molecule has 0 saturated heterocycles. The van der Waals surface area contributed by atoms with Crippen LogP contribution in [-0.4, -0.2) is 30.3 Å². The van der Waals surface area contributed by atoms with Crippen molar-refractivity contribution in [3.8, 4) is 0 Å². The standard InChI is InChI=1S/C17H16ClFN2O2/c1-21(11-12-5-7-15(19)8-6-12)16(22)10-20-17(23)13-3-2-4-14(18)9-13/h2-9H,10-11H2,1H3,(H,20,23). The summed E-state index contributed by atoms with van der Waals surface area (Å²) in [6.45, 7) is 0.217. The smallest absolute Gasteiger partial charge is 0.251 e. The summed E-state index contributed by atoms with van der Waals surface area (Å²) in [5.41, 5.74) is 1.20. The zero-order chi connectivity index (χ0) is 16.8. The number of benzene rings is 2. The molecule has 2 rings (SSSR count). The largest absolute Gasteiger partial charge is 0.343 e. The molecule has 0 aliphatic carbocycles. The molecular formula is C17H16ClFN2O2. The molecule has 0 spiro atoms. The van der Waals surface area contributed by atoms with E-state index in [9.17, 15) is 14.0 Å². The predicted octanol–water partition coefficient (Wildman–Crippen LogP) is 2.87. The van der Waals surface area contributed by atoms with Crippen LogP contribution in [0.4, 0.5) is 4.39 Å². The number of halogens is 2. The Kier molecular flexibility index (Phi) is 5.71. The van der Waals surface area contributed by atoms with Crippen molar-refractivity contribution in [1.82, 2.24) is 10.2 Å². The van der Waals surface area contributed by atoms with Crippen molar-refractivity contribution in [2.75, 3.05) is 13.6 Å². The van der Waals surface area contributed by atoms with Crippen LogP contribution in [0.3, 0.4) is 0 Å². The van der Waals surface area contributed by atoms with Crippen molar-refractivity contribution in [3.05, 3.63) is 70.5 Å². The Labute approximate surface area is 138 Å². The number of carbonyl (C=O) groups excluding carboxylic acids is 2. The van der Waals surface area contributed by atoms with Crippen molar-refractivity contribution >= 4 is 23.4 Å². The van der Waals surface area contributed by atoms with E-state index in [0.29, 0.717) is 17.1 Å². The average molecular weight is 335 g/mol. The molecule has 2 aromatic rings. The number of hydrogen-bond donors (Lipinski definition) is 1. The molecule has 0 atom stereocenters. The molecule has 0 aromatic heterocycles. The topological polar surface area (TPSA) is 49.4 Å². The van der Waals surface area contributed by atoms with Crippen LogP contribution < -0.4 is 5.32 Å². The second kappa shape index (κ2) is 7.74. The summed E-state index contributed by atoms with van der Waals surface area (Å²) in [6.07, 6.45) is 0. The Morgan fingerprint density at radius 3 is 2.52 bits per heavy atom. The van der Waals surface area contributed by atoms with Gasteiger partial charge in [0.1, 0.15) is 5.82 Å². The highest BCUT2D eigenvalue weighted by molar-refractivity contribution is 6.30. The van der Waals surface area contributed by atoms with Crippen molar-refractivity contribution < 1.29 is 14.0 Å². The highest BCUT2D eigenvalue weighted by Crippen LogP contribution is 2.10. The molecule has 6 heteroatoms. The van der Waals surface area contributed by atoms with Crippen LogP contribution in [0.15, 0.2) is 48.5 Å². The van der Waals surface area contributed by atoms with Gasteiger partial charge in [0, 0.05) is 24.2 Å². The zero-order valence-electron chi connectivity index (χ0n) is 12.6. The molecule has 120 valence electrons. The minimum absolute atomic E-state index is 0.122. The Balaban J connectivity index is 1.86. The summed E-state index contributed by atoms with van der Waals surface area (Å²) in [5, 5.41) is 3.01. The second-order valence-corrected chi connectivity index (χ2v) is 5.51. The van der Waals surface area contributed by atoms with E-state index in [4.69, 9.17) is 11.6 Å². The van der Waals surface area contributed by atoms with Crippen molar-refractivity contribution in [3.63, 3.8) is 0 Å². The highest BCUT2D eigenvalue weighted by atomic mass is 35.5. The lowest BCUT2D eigenvalue weighted by molar-refractivity contribution is -0.129. The number of likely N-dealkylation sites (N-methyl/N-ethyl adjacent to an activating group) is 1. The van der Waals surface area contributed by atoms with Gasteiger partial charge in [-0.1, -0.05) is 29.8 Å².